The Morgan fingerprint density at radius 3 is 2.80 bits per heavy atom. The van der Waals surface area contributed by atoms with Gasteiger partial charge in [0.1, 0.15) is 5.82 Å². The van der Waals surface area contributed by atoms with Crippen LogP contribution in [0.5, 0.6) is 0 Å². The zero-order valence-corrected chi connectivity index (χ0v) is 15.9. The van der Waals surface area contributed by atoms with Crippen molar-refractivity contribution in [1.29, 1.82) is 0 Å². The fourth-order valence-corrected chi connectivity index (χ4v) is 3.32. The van der Waals surface area contributed by atoms with E-state index in [1.165, 1.54) is 12.8 Å². The van der Waals surface area contributed by atoms with E-state index in [1.54, 1.807) is 0 Å². The summed E-state index contributed by atoms with van der Waals surface area (Å²) in [5, 5.41) is 2.99. The molecule has 4 nitrogen and oxygen atoms in total. The second kappa shape index (κ2) is 8.30. The predicted octanol–water partition coefficient (Wildman–Crippen LogP) is 4.92. The van der Waals surface area contributed by atoms with E-state index in [1.807, 2.05) is 42.5 Å². The van der Waals surface area contributed by atoms with Gasteiger partial charge in [-0.15, -0.1) is 0 Å². The van der Waals surface area contributed by atoms with Gasteiger partial charge >= 0.3 is 0 Å². The molecular formula is C20H22BrN3O. The predicted molar refractivity (Wildman–Crippen MR) is 105 cm³/mol. The van der Waals surface area contributed by atoms with Gasteiger partial charge in [-0.3, -0.25) is 4.79 Å². The Morgan fingerprint density at radius 1 is 1.16 bits per heavy atom. The number of fused-ring (bicyclic) bond motifs is 1. The molecular weight excluding hydrogens is 378 g/mol. The summed E-state index contributed by atoms with van der Waals surface area (Å²) in [7, 11) is 0. The number of hydrogen-bond donors (Lipinski definition) is 1. The van der Waals surface area contributed by atoms with E-state index in [0.29, 0.717) is 12.1 Å². The van der Waals surface area contributed by atoms with Gasteiger partial charge in [-0.05, 0) is 36.8 Å². The fourth-order valence-electron chi connectivity index (χ4n) is 2.92. The molecule has 1 amide bonds. The lowest BCUT2D eigenvalue weighted by atomic mass is 10.2. The molecule has 25 heavy (non-hydrogen) atoms. The first-order valence-corrected chi connectivity index (χ1v) is 9.46. The monoisotopic (exact) mass is 399 g/mol. The molecule has 3 rings (SSSR count). The van der Waals surface area contributed by atoms with Crippen molar-refractivity contribution in [2.75, 3.05) is 0 Å². The second-order valence-electron chi connectivity index (χ2n) is 6.07. The van der Waals surface area contributed by atoms with Gasteiger partial charge < -0.3 is 9.88 Å². The number of para-hydroxylation sites is 2. The number of unbranched alkanes of at least 4 members (excludes halogenated alkanes) is 2. The Bertz CT molecular complexity index is 872. The number of nitrogens with zero attached hydrogens (tertiary/aromatic N) is 2. The Labute approximate surface area is 156 Å². The molecule has 2 aromatic carbocycles. The van der Waals surface area contributed by atoms with Gasteiger partial charge in [-0.1, -0.05) is 53.9 Å². The molecule has 0 atom stereocenters. The summed E-state index contributed by atoms with van der Waals surface area (Å²) in [6.45, 7) is 3.55. The van der Waals surface area contributed by atoms with Crippen LogP contribution in [0, 0.1) is 0 Å². The van der Waals surface area contributed by atoms with E-state index in [0.717, 1.165) is 34.3 Å². The molecule has 0 saturated carbocycles. The van der Waals surface area contributed by atoms with E-state index >= 15 is 0 Å². The molecule has 0 spiro atoms. The first-order valence-electron chi connectivity index (χ1n) is 8.67. The lowest BCUT2D eigenvalue weighted by Crippen LogP contribution is -2.24. The van der Waals surface area contributed by atoms with Gasteiger partial charge in [0, 0.05) is 16.6 Å². The van der Waals surface area contributed by atoms with Crippen LogP contribution in [0.1, 0.15) is 42.4 Å². The number of benzene rings is 2. The zero-order valence-electron chi connectivity index (χ0n) is 14.3. The van der Waals surface area contributed by atoms with E-state index < -0.39 is 0 Å². The molecule has 0 aliphatic carbocycles. The number of hydrogen-bond acceptors (Lipinski definition) is 2. The lowest BCUT2D eigenvalue weighted by Gasteiger charge is -2.10. The maximum atomic E-state index is 12.4. The first kappa shape index (κ1) is 17.7. The van der Waals surface area contributed by atoms with Crippen LogP contribution in [0.4, 0.5) is 0 Å². The van der Waals surface area contributed by atoms with Crippen molar-refractivity contribution < 1.29 is 4.79 Å². The molecule has 0 aliphatic rings. The summed E-state index contributed by atoms with van der Waals surface area (Å²) in [6, 6.07) is 15.5. The van der Waals surface area contributed by atoms with Crippen LogP contribution in [0.15, 0.2) is 53.0 Å². The van der Waals surface area contributed by atoms with Crippen molar-refractivity contribution in [3.8, 4) is 0 Å². The van der Waals surface area contributed by atoms with Crippen molar-refractivity contribution in [2.45, 2.75) is 39.3 Å². The minimum absolute atomic E-state index is 0.0894. The van der Waals surface area contributed by atoms with Crippen LogP contribution in [0.3, 0.4) is 0 Å². The third-order valence-corrected chi connectivity index (χ3v) is 4.71. The Morgan fingerprint density at radius 2 is 2.00 bits per heavy atom. The molecule has 0 fully saturated rings. The standard InChI is InChI=1S/C20H22BrN3O/c1-2-3-6-12-24-18-11-5-4-10-17(18)23-19(24)14-22-20(25)15-8-7-9-16(21)13-15/h4-5,7-11,13H,2-3,6,12,14H2,1H3,(H,22,25). The van der Waals surface area contributed by atoms with Crippen molar-refractivity contribution in [2.24, 2.45) is 0 Å². The number of carbonyl (C=O) groups is 1. The van der Waals surface area contributed by atoms with Crippen LogP contribution < -0.4 is 5.32 Å². The highest BCUT2D eigenvalue weighted by molar-refractivity contribution is 9.10. The van der Waals surface area contributed by atoms with Crippen LogP contribution >= 0.6 is 15.9 Å². The number of aromatic nitrogens is 2. The normalized spacial score (nSPS) is 11.0. The maximum absolute atomic E-state index is 12.4. The topological polar surface area (TPSA) is 46.9 Å². The lowest BCUT2D eigenvalue weighted by molar-refractivity contribution is 0.0949. The average Bonchev–Trinajstić information content (AvgIpc) is 2.98. The molecule has 0 radical (unpaired) electrons. The minimum Gasteiger partial charge on any atom is -0.345 e. The maximum Gasteiger partial charge on any atom is 0.251 e. The van der Waals surface area contributed by atoms with Gasteiger partial charge in [-0.2, -0.15) is 0 Å². The van der Waals surface area contributed by atoms with E-state index in [-0.39, 0.29) is 5.91 Å². The Balaban J connectivity index is 1.78. The Kier molecular flexibility index (Phi) is 5.87. The highest BCUT2D eigenvalue weighted by Gasteiger charge is 2.12. The van der Waals surface area contributed by atoms with Gasteiger partial charge in [-0.25, -0.2) is 4.98 Å². The number of imidazole rings is 1. The summed E-state index contributed by atoms with van der Waals surface area (Å²) in [4.78, 5) is 17.1. The molecule has 1 aromatic heterocycles. The molecule has 0 saturated heterocycles. The highest BCUT2D eigenvalue weighted by Crippen LogP contribution is 2.18. The van der Waals surface area contributed by atoms with Crippen LogP contribution in [0.2, 0.25) is 0 Å². The summed E-state index contributed by atoms with van der Waals surface area (Å²) >= 11 is 3.40. The van der Waals surface area contributed by atoms with Gasteiger partial charge in [0.15, 0.2) is 0 Å². The van der Waals surface area contributed by atoms with Crippen LogP contribution in [-0.4, -0.2) is 15.5 Å². The number of halogens is 1. The van der Waals surface area contributed by atoms with Gasteiger partial charge in [0.25, 0.3) is 5.91 Å². The molecule has 0 bridgehead atoms. The molecule has 0 unspecified atom stereocenters. The smallest absolute Gasteiger partial charge is 0.251 e. The number of carbonyl (C=O) groups excluding carboxylic acids is 1. The first-order chi connectivity index (χ1) is 12.2. The summed E-state index contributed by atoms with van der Waals surface area (Å²) in [5.74, 6) is 0.814. The van der Waals surface area contributed by atoms with Crippen molar-refractivity contribution in [3.63, 3.8) is 0 Å². The third kappa shape index (κ3) is 4.28. The van der Waals surface area contributed by atoms with Crippen molar-refractivity contribution >= 4 is 32.9 Å². The summed E-state index contributed by atoms with van der Waals surface area (Å²) < 4.78 is 3.12. The van der Waals surface area contributed by atoms with E-state index in [2.05, 4.69) is 38.8 Å². The highest BCUT2D eigenvalue weighted by atomic mass is 79.9. The average molecular weight is 400 g/mol. The third-order valence-electron chi connectivity index (χ3n) is 4.21. The zero-order chi connectivity index (χ0) is 17.6. The van der Waals surface area contributed by atoms with Gasteiger partial charge in [0.05, 0.1) is 17.6 Å². The number of aryl methyl sites for hydroxylation is 1. The molecule has 5 heteroatoms. The van der Waals surface area contributed by atoms with Crippen LogP contribution in [0.25, 0.3) is 11.0 Å². The van der Waals surface area contributed by atoms with Crippen molar-refractivity contribution in [3.05, 3.63) is 64.4 Å². The fraction of sp³-hybridized carbons (Fsp3) is 0.300. The SMILES string of the molecule is CCCCCn1c(CNC(=O)c2cccc(Br)c2)nc2ccccc21. The second-order valence-corrected chi connectivity index (χ2v) is 6.98. The number of rotatable bonds is 7. The Hall–Kier alpha value is -2.14. The molecule has 130 valence electrons. The molecule has 3 aromatic rings. The van der Waals surface area contributed by atoms with Gasteiger partial charge in [0.2, 0.25) is 0 Å². The minimum atomic E-state index is -0.0894. The van der Waals surface area contributed by atoms with E-state index in [4.69, 9.17) is 4.98 Å². The van der Waals surface area contributed by atoms with E-state index in [9.17, 15) is 4.79 Å². The molecule has 1 N–H and O–H groups in total. The summed E-state index contributed by atoms with van der Waals surface area (Å²) in [6.07, 6.45) is 3.49. The number of amides is 1. The largest absolute Gasteiger partial charge is 0.345 e. The molecule has 1 heterocycles. The van der Waals surface area contributed by atoms with Crippen LogP contribution in [-0.2, 0) is 13.1 Å². The summed E-state index contributed by atoms with van der Waals surface area (Å²) in [5.41, 5.74) is 2.75. The number of nitrogens with one attached hydrogen (secondary N) is 1. The quantitative estimate of drug-likeness (QED) is 0.573. The molecule has 0 aliphatic heterocycles. The van der Waals surface area contributed by atoms with Crippen molar-refractivity contribution in [1.82, 2.24) is 14.9 Å².